The van der Waals surface area contributed by atoms with Crippen molar-refractivity contribution in [3.8, 4) is 0 Å². The number of rotatable bonds is 5. The van der Waals surface area contributed by atoms with Crippen LogP contribution in [0.4, 0.5) is 5.69 Å². The van der Waals surface area contributed by atoms with E-state index in [-0.39, 0.29) is 5.56 Å². The summed E-state index contributed by atoms with van der Waals surface area (Å²) in [4.78, 5) is 20.1. The highest BCUT2D eigenvalue weighted by Crippen LogP contribution is 2.26. The zero-order chi connectivity index (χ0) is 17.8. The summed E-state index contributed by atoms with van der Waals surface area (Å²) < 4.78 is 5.41. The van der Waals surface area contributed by atoms with Gasteiger partial charge in [-0.1, -0.05) is 19.3 Å². The molecule has 2 aromatic rings. The minimum Gasteiger partial charge on any atom is -0.382 e. The molecule has 0 atom stereocenters. The number of anilines is 1. The quantitative estimate of drug-likeness (QED) is 0.827. The molecule has 26 heavy (non-hydrogen) atoms. The second-order valence-electron chi connectivity index (χ2n) is 7.35. The summed E-state index contributed by atoms with van der Waals surface area (Å²) in [5.74, 6) is 1.52. The smallest absolute Gasteiger partial charge is 0.258 e. The van der Waals surface area contributed by atoms with Gasteiger partial charge in [0.2, 0.25) is 0 Å². The second-order valence-corrected chi connectivity index (χ2v) is 8.64. The first-order valence-corrected chi connectivity index (χ1v) is 10.8. The highest BCUT2D eigenvalue weighted by Gasteiger charge is 2.16. The van der Waals surface area contributed by atoms with Crippen molar-refractivity contribution in [2.75, 3.05) is 18.5 Å². The van der Waals surface area contributed by atoms with Gasteiger partial charge in [-0.25, -0.2) is 4.98 Å². The van der Waals surface area contributed by atoms with Gasteiger partial charge in [-0.3, -0.25) is 4.79 Å². The van der Waals surface area contributed by atoms with Crippen LogP contribution in [0, 0.1) is 0 Å². The monoisotopic (exact) mass is 373 g/mol. The predicted molar refractivity (Wildman–Crippen MR) is 108 cm³/mol. The molecule has 1 aliphatic carbocycles. The molecule has 2 fully saturated rings. The lowest BCUT2D eigenvalue weighted by molar-refractivity contribution is 0.1000. The number of nitrogens with one attached hydrogen (secondary N) is 2. The van der Waals surface area contributed by atoms with Crippen molar-refractivity contribution in [2.45, 2.75) is 62.0 Å². The molecule has 2 heterocycles. The summed E-state index contributed by atoms with van der Waals surface area (Å²) >= 11 is 1.87. The van der Waals surface area contributed by atoms with Crippen LogP contribution in [-0.2, 0) is 10.5 Å². The minimum absolute atomic E-state index is 0.0400. The molecule has 140 valence electrons. The van der Waals surface area contributed by atoms with E-state index in [1.54, 1.807) is 0 Å². The lowest BCUT2D eigenvalue weighted by Crippen LogP contribution is -2.22. The number of hydrogen-bond acceptors (Lipinski definition) is 5. The molecule has 1 aromatic carbocycles. The molecule has 0 radical (unpaired) electrons. The van der Waals surface area contributed by atoms with Crippen LogP contribution in [0.5, 0.6) is 0 Å². The first kappa shape index (κ1) is 17.9. The van der Waals surface area contributed by atoms with Gasteiger partial charge in [0, 0.05) is 30.2 Å². The average Bonchev–Trinajstić information content (AvgIpc) is 2.68. The van der Waals surface area contributed by atoms with Crippen LogP contribution in [-0.4, -0.2) is 34.5 Å². The van der Waals surface area contributed by atoms with E-state index in [1.165, 1.54) is 32.1 Å². The number of hydrogen-bond donors (Lipinski definition) is 2. The Morgan fingerprint density at radius 3 is 2.77 bits per heavy atom. The van der Waals surface area contributed by atoms with Gasteiger partial charge in [0.25, 0.3) is 5.56 Å². The number of H-pyrrole nitrogens is 1. The standard InChI is InChI=1S/C20H27N3O2S/c24-20-17-7-6-15(21-14-4-2-1-3-5-14)12-18(17)22-19(23-20)13-26-16-8-10-25-11-9-16/h6-7,12,14,16,21H,1-5,8-11,13H2,(H,22,23,24). The summed E-state index contributed by atoms with van der Waals surface area (Å²) in [7, 11) is 0. The molecule has 1 saturated carbocycles. The molecule has 1 saturated heterocycles. The molecule has 0 spiro atoms. The van der Waals surface area contributed by atoms with Gasteiger partial charge in [0.1, 0.15) is 5.82 Å². The van der Waals surface area contributed by atoms with Gasteiger partial charge in [0.05, 0.1) is 16.7 Å². The highest BCUT2D eigenvalue weighted by molar-refractivity contribution is 7.99. The largest absolute Gasteiger partial charge is 0.382 e. The number of fused-ring (bicyclic) bond motifs is 1. The Hall–Kier alpha value is -1.53. The highest BCUT2D eigenvalue weighted by atomic mass is 32.2. The van der Waals surface area contributed by atoms with E-state index in [4.69, 9.17) is 9.72 Å². The number of thioether (sulfide) groups is 1. The minimum atomic E-state index is -0.0400. The number of aromatic nitrogens is 2. The molecule has 0 bridgehead atoms. The van der Waals surface area contributed by atoms with Gasteiger partial charge in [0.15, 0.2) is 0 Å². The topological polar surface area (TPSA) is 67.0 Å². The Morgan fingerprint density at radius 2 is 1.96 bits per heavy atom. The third-order valence-corrected chi connectivity index (χ3v) is 6.74. The van der Waals surface area contributed by atoms with Crippen molar-refractivity contribution in [1.29, 1.82) is 0 Å². The summed E-state index contributed by atoms with van der Waals surface area (Å²) in [6.45, 7) is 1.69. The molecule has 4 rings (SSSR count). The van der Waals surface area contributed by atoms with Gasteiger partial charge >= 0.3 is 0 Å². The normalized spacial score (nSPS) is 19.7. The zero-order valence-electron chi connectivity index (χ0n) is 15.1. The van der Waals surface area contributed by atoms with E-state index in [1.807, 2.05) is 30.0 Å². The Kier molecular flexibility index (Phi) is 5.80. The number of ether oxygens (including phenoxy) is 1. The fourth-order valence-corrected chi connectivity index (χ4v) is 4.92. The van der Waals surface area contributed by atoms with Crippen molar-refractivity contribution in [2.24, 2.45) is 0 Å². The maximum Gasteiger partial charge on any atom is 0.258 e. The van der Waals surface area contributed by atoms with Crippen molar-refractivity contribution in [3.05, 3.63) is 34.4 Å². The third kappa shape index (κ3) is 4.41. The summed E-state index contributed by atoms with van der Waals surface area (Å²) in [5, 5.41) is 4.89. The Balaban J connectivity index is 1.48. The SMILES string of the molecule is O=c1[nH]c(CSC2CCOCC2)nc2cc(NC3CCCCC3)ccc12. The molecule has 1 aliphatic heterocycles. The second kappa shape index (κ2) is 8.44. The number of aromatic amines is 1. The van der Waals surface area contributed by atoms with E-state index >= 15 is 0 Å². The first-order chi connectivity index (χ1) is 12.8. The van der Waals surface area contributed by atoms with Crippen molar-refractivity contribution in [3.63, 3.8) is 0 Å². The van der Waals surface area contributed by atoms with Crippen LogP contribution in [0.1, 0.15) is 50.8 Å². The molecule has 6 heteroatoms. The third-order valence-electron chi connectivity index (χ3n) is 5.36. The van der Waals surface area contributed by atoms with E-state index in [2.05, 4.69) is 10.3 Å². The number of benzene rings is 1. The van der Waals surface area contributed by atoms with Gasteiger partial charge in [-0.2, -0.15) is 11.8 Å². The van der Waals surface area contributed by atoms with Crippen LogP contribution < -0.4 is 10.9 Å². The van der Waals surface area contributed by atoms with Crippen LogP contribution in [0.15, 0.2) is 23.0 Å². The fraction of sp³-hybridized carbons (Fsp3) is 0.600. The maximum atomic E-state index is 12.4. The lowest BCUT2D eigenvalue weighted by Gasteiger charge is -2.24. The molecule has 1 aromatic heterocycles. The Morgan fingerprint density at radius 1 is 1.15 bits per heavy atom. The Labute approximate surface area is 158 Å². The summed E-state index contributed by atoms with van der Waals surface area (Å²) in [5.41, 5.74) is 1.82. The molecular formula is C20H27N3O2S. The summed E-state index contributed by atoms with van der Waals surface area (Å²) in [6, 6.07) is 6.47. The Bertz CT molecular complexity index is 795. The molecule has 2 aliphatic rings. The van der Waals surface area contributed by atoms with E-state index < -0.39 is 0 Å². The fourth-order valence-electron chi connectivity index (χ4n) is 3.87. The van der Waals surface area contributed by atoms with Crippen LogP contribution in [0.2, 0.25) is 0 Å². The van der Waals surface area contributed by atoms with Gasteiger partial charge in [-0.05, 0) is 43.9 Å². The predicted octanol–water partition coefficient (Wildman–Crippen LogP) is 4.08. The van der Waals surface area contributed by atoms with Crippen molar-refractivity contribution < 1.29 is 4.74 Å². The molecule has 5 nitrogen and oxygen atoms in total. The van der Waals surface area contributed by atoms with Gasteiger partial charge < -0.3 is 15.0 Å². The van der Waals surface area contributed by atoms with Gasteiger partial charge in [-0.15, -0.1) is 0 Å². The van der Waals surface area contributed by atoms with Crippen LogP contribution in [0.3, 0.4) is 0 Å². The van der Waals surface area contributed by atoms with Crippen LogP contribution >= 0.6 is 11.8 Å². The lowest BCUT2D eigenvalue weighted by atomic mass is 9.95. The summed E-state index contributed by atoms with van der Waals surface area (Å²) in [6.07, 6.45) is 8.58. The molecule has 2 N–H and O–H groups in total. The zero-order valence-corrected chi connectivity index (χ0v) is 15.9. The van der Waals surface area contributed by atoms with E-state index in [9.17, 15) is 4.79 Å². The van der Waals surface area contributed by atoms with Crippen LogP contribution in [0.25, 0.3) is 10.9 Å². The van der Waals surface area contributed by atoms with Crippen molar-refractivity contribution in [1.82, 2.24) is 9.97 Å². The maximum absolute atomic E-state index is 12.4. The first-order valence-electron chi connectivity index (χ1n) is 9.77. The van der Waals surface area contributed by atoms with Crippen molar-refractivity contribution >= 4 is 28.4 Å². The average molecular weight is 374 g/mol. The van der Waals surface area contributed by atoms with E-state index in [0.717, 1.165) is 48.8 Å². The molecule has 0 amide bonds. The van der Waals surface area contributed by atoms with E-state index in [0.29, 0.717) is 16.7 Å². The number of nitrogens with zero attached hydrogens (tertiary/aromatic N) is 1. The molecular weight excluding hydrogens is 346 g/mol. The molecule has 0 unspecified atom stereocenters.